The Morgan fingerprint density at radius 3 is 2.62 bits per heavy atom. The molecule has 5 nitrogen and oxygen atoms in total. The lowest BCUT2D eigenvalue weighted by atomic mass is 9.79. The summed E-state index contributed by atoms with van der Waals surface area (Å²) in [7, 11) is 0. The van der Waals surface area contributed by atoms with Crippen LogP contribution in [-0.2, 0) is 4.79 Å². The Morgan fingerprint density at radius 1 is 1.10 bits per heavy atom. The molecule has 4 rings (SSSR count). The van der Waals surface area contributed by atoms with Crippen molar-refractivity contribution in [2.75, 3.05) is 13.1 Å². The zero-order valence-corrected chi connectivity index (χ0v) is 17.6. The van der Waals surface area contributed by atoms with E-state index in [1.54, 1.807) is 6.20 Å². The van der Waals surface area contributed by atoms with Crippen molar-refractivity contribution in [2.24, 2.45) is 11.8 Å². The maximum atomic E-state index is 13.0. The summed E-state index contributed by atoms with van der Waals surface area (Å²) in [6.07, 6.45) is 12.2. The molecule has 1 aromatic carbocycles. The van der Waals surface area contributed by atoms with Crippen LogP contribution in [0.2, 0.25) is 0 Å². The van der Waals surface area contributed by atoms with Gasteiger partial charge in [0.1, 0.15) is 6.10 Å². The van der Waals surface area contributed by atoms with Gasteiger partial charge in [-0.1, -0.05) is 44.4 Å². The van der Waals surface area contributed by atoms with Crippen LogP contribution in [0.4, 0.5) is 0 Å². The molecule has 1 aliphatic carbocycles. The maximum Gasteiger partial charge on any atom is 0.241 e. The first-order chi connectivity index (χ1) is 14.2. The van der Waals surface area contributed by atoms with Crippen LogP contribution in [0.1, 0.15) is 64.7 Å². The van der Waals surface area contributed by atoms with E-state index in [2.05, 4.69) is 22.0 Å². The highest BCUT2D eigenvalue weighted by atomic mass is 16.5. The second-order valence-electron chi connectivity index (χ2n) is 8.74. The third-order valence-corrected chi connectivity index (χ3v) is 6.73. The number of fused-ring (bicyclic) bond motifs is 1. The molecule has 1 saturated heterocycles. The van der Waals surface area contributed by atoms with Crippen LogP contribution >= 0.6 is 0 Å². The number of hydrogen-bond donors (Lipinski definition) is 0. The maximum absolute atomic E-state index is 13.0. The second kappa shape index (κ2) is 9.55. The molecule has 2 fully saturated rings. The molecule has 0 unspecified atom stereocenters. The number of piperidine rings is 1. The predicted molar refractivity (Wildman–Crippen MR) is 115 cm³/mol. The number of hydrogen-bond acceptors (Lipinski definition) is 4. The average molecular weight is 396 g/mol. The number of rotatable bonds is 6. The van der Waals surface area contributed by atoms with Crippen LogP contribution in [0.3, 0.4) is 0 Å². The lowest BCUT2D eigenvalue weighted by Crippen LogP contribution is -2.45. The molecule has 1 aromatic heterocycles. The minimum absolute atomic E-state index is 0.101. The lowest BCUT2D eigenvalue weighted by Gasteiger charge is -2.36. The van der Waals surface area contributed by atoms with E-state index >= 15 is 0 Å². The summed E-state index contributed by atoms with van der Waals surface area (Å²) < 4.78 is 6.18. The summed E-state index contributed by atoms with van der Waals surface area (Å²) in [5.74, 6) is 2.08. The van der Waals surface area contributed by atoms with Crippen LogP contribution < -0.4 is 4.74 Å². The number of aromatic nitrogens is 2. The molecule has 5 heteroatoms. The van der Waals surface area contributed by atoms with Gasteiger partial charge in [-0.3, -0.25) is 4.79 Å². The first-order valence-electron chi connectivity index (χ1n) is 11.4. The van der Waals surface area contributed by atoms with Gasteiger partial charge in [-0.25, -0.2) is 0 Å². The molecule has 29 heavy (non-hydrogen) atoms. The van der Waals surface area contributed by atoms with Crippen molar-refractivity contribution < 1.29 is 9.53 Å². The number of benzene rings is 1. The van der Waals surface area contributed by atoms with E-state index < -0.39 is 0 Å². The topological polar surface area (TPSA) is 55.3 Å². The van der Waals surface area contributed by atoms with Gasteiger partial charge in [-0.15, -0.1) is 5.10 Å². The molecular weight excluding hydrogens is 362 g/mol. The van der Waals surface area contributed by atoms with Crippen LogP contribution in [0.25, 0.3) is 10.8 Å². The van der Waals surface area contributed by atoms with Gasteiger partial charge in [0.05, 0.1) is 6.20 Å². The highest BCUT2D eigenvalue weighted by Crippen LogP contribution is 2.33. The normalized spacial score (nSPS) is 23.3. The van der Waals surface area contributed by atoms with Crippen molar-refractivity contribution in [2.45, 2.75) is 70.8 Å². The minimum Gasteiger partial charge on any atom is -0.473 e. The van der Waals surface area contributed by atoms with Crippen LogP contribution in [0.5, 0.6) is 5.88 Å². The SMILES string of the molecule is CCCCC1CCC(C(=O)N2CCC(Oc3nncc4ccccc34)CC2)CC1. The number of likely N-dealkylation sites (tertiary alicyclic amines) is 1. The Balaban J connectivity index is 1.27. The van der Waals surface area contributed by atoms with Crippen LogP contribution in [0, 0.1) is 11.8 Å². The molecular formula is C24H33N3O2. The van der Waals surface area contributed by atoms with Gasteiger partial charge in [0.15, 0.2) is 0 Å². The smallest absolute Gasteiger partial charge is 0.241 e. The van der Waals surface area contributed by atoms with Crippen molar-refractivity contribution in [1.82, 2.24) is 15.1 Å². The fourth-order valence-electron chi connectivity index (χ4n) is 4.89. The lowest BCUT2D eigenvalue weighted by molar-refractivity contribution is -0.138. The van der Waals surface area contributed by atoms with E-state index in [-0.39, 0.29) is 12.0 Å². The zero-order valence-electron chi connectivity index (χ0n) is 17.6. The molecule has 1 saturated carbocycles. The largest absolute Gasteiger partial charge is 0.473 e. The van der Waals surface area contributed by atoms with E-state index in [0.29, 0.717) is 11.8 Å². The van der Waals surface area contributed by atoms with Gasteiger partial charge in [-0.05, 0) is 37.7 Å². The average Bonchev–Trinajstić information content (AvgIpc) is 2.78. The Labute approximate surface area is 173 Å². The number of unbranched alkanes of at least 4 members (excludes halogenated alkanes) is 1. The molecule has 156 valence electrons. The third kappa shape index (κ3) is 4.88. The second-order valence-corrected chi connectivity index (χ2v) is 8.74. The number of carbonyl (C=O) groups excluding carboxylic acids is 1. The summed E-state index contributed by atoms with van der Waals surface area (Å²) in [6, 6.07) is 8.04. The Morgan fingerprint density at radius 2 is 1.86 bits per heavy atom. The fraction of sp³-hybridized carbons (Fsp3) is 0.625. The van der Waals surface area contributed by atoms with E-state index in [1.165, 1.54) is 32.1 Å². The van der Waals surface area contributed by atoms with Crippen molar-refractivity contribution >= 4 is 16.7 Å². The van der Waals surface area contributed by atoms with Gasteiger partial charge in [-0.2, -0.15) is 5.10 Å². The van der Waals surface area contributed by atoms with Gasteiger partial charge in [0.2, 0.25) is 11.8 Å². The third-order valence-electron chi connectivity index (χ3n) is 6.73. The number of carbonyl (C=O) groups is 1. The van der Waals surface area contributed by atoms with Gasteiger partial charge in [0.25, 0.3) is 0 Å². The van der Waals surface area contributed by atoms with Gasteiger partial charge >= 0.3 is 0 Å². The summed E-state index contributed by atoms with van der Waals surface area (Å²) in [5, 5.41) is 10.3. The first kappa shape index (κ1) is 20.1. The van der Waals surface area contributed by atoms with Crippen molar-refractivity contribution in [3.05, 3.63) is 30.5 Å². The Hall–Kier alpha value is -2.17. The number of ether oxygens (including phenoxy) is 1. The summed E-state index contributed by atoms with van der Waals surface area (Å²) in [6.45, 7) is 3.84. The van der Waals surface area contributed by atoms with Crippen molar-refractivity contribution in [1.29, 1.82) is 0 Å². The van der Waals surface area contributed by atoms with Crippen molar-refractivity contribution in [3.8, 4) is 5.88 Å². The molecule has 0 bridgehead atoms. The number of amides is 1. The molecule has 0 spiro atoms. The van der Waals surface area contributed by atoms with Crippen LogP contribution in [-0.4, -0.2) is 40.2 Å². The number of nitrogens with zero attached hydrogens (tertiary/aromatic N) is 3. The van der Waals surface area contributed by atoms with E-state index in [4.69, 9.17) is 4.74 Å². The monoisotopic (exact) mass is 395 g/mol. The highest BCUT2D eigenvalue weighted by Gasteiger charge is 2.32. The van der Waals surface area contributed by atoms with E-state index in [9.17, 15) is 4.79 Å². The van der Waals surface area contributed by atoms with Crippen LogP contribution in [0.15, 0.2) is 30.5 Å². The van der Waals surface area contributed by atoms with E-state index in [0.717, 1.165) is 55.5 Å². The molecule has 1 amide bonds. The first-order valence-corrected chi connectivity index (χ1v) is 11.4. The Kier molecular flexibility index (Phi) is 6.63. The fourth-order valence-corrected chi connectivity index (χ4v) is 4.89. The molecule has 0 atom stereocenters. The molecule has 2 aromatic rings. The van der Waals surface area contributed by atoms with Gasteiger partial charge in [0, 0.05) is 42.6 Å². The summed E-state index contributed by atoms with van der Waals surface area (Å²) in [5.41, 5.74) is 0. The Bertz CT molecular complexity index is 803. The zero-order chi connectivity index (χ0) is 20.1. The van der Waals surface area contributed by atoms with Crippen molar-refractivity contribution in [3.63, 3.8) is 0 Å². The standard InChI is InChI=1S/C24H33N3O2/c1-2-3-6-18-9-11-19(12-10-18)24(28)27-15-13-21(14-16-27)29-23-22-8-5-4-7-20(22)17-25-26-23/h4-5,7-8,17-19,21H,2-3,6,9-16H2,1H3. The predicted octanol–water partition coefficient (Wildman–Crippen LogP) is 5.00. The van der Waals surface area contributed by atoms with E-state index in [1.807, 2.05) is 24.3 Å². The molecule has 1 aliphatic heterocycles. The summed E-state index contributed by atoms with van der Waals surface area (Å²) >= 11 is 0. The highest BCUT2D eigenvalue weighted by molar-refractivity contribution is 5.85. The van der Waals surface area contributed by atoms with Gasteiger partial charge < -0.3 is 9.64 Å². The molecule has 2 aliphatic rings. The molecule has 0 N–H and O–H groups in total. The molecule has 2 heterocycles. The molecule has 0 radical (unpaired) electrons. The quantitative estimate of drug-likeness (QED) is 0.691. The minimum atomic E-state index is 0.101. The summed E-state index contributed by atoms with van der Waals surface area (Å²) in [4.78, 5) is 15.1.